The lowest BCUT2D eigenvalue weighted by Gasteiger charge is -2.33. The maximum absolute atomic E-state index is 13.1. The summed E-state index contributed by atoms with van der Waals surface area (Å²) < 4.78 is 11.0. The van der Waals surface area contributed by atoms with Crippen LogP contribution in [0.1, 0.15) is 10.5 Å². The Balaban J connectivity index is 1.42. The molecule has 166 valence electrons. The Bertz CT molecular complexity index is 1060. The molecule has 2 fully saturated rings. The lowest BCUT2D eigenvalue weighted by molar-refractivity contribution is 0.102. The van der Waals surface area contributed by atoms with E-state index >= 15 is 0 Å². The number of aromatic amines is 1. The summed E-state index contributed by atoms with van der Waals surface area (Å²) in [4.78, 5) is 22.2. The molecule has 0 atom stereocenters. The number of anilines is 3. The largest absolute Gasteiger partial charge is 0.378 e. The van der Waals surface area contributed by atoms with Crippen LogP contribution < -0.4 is 15.1 Å². The normalized spacial score (nSPS) is 16.8. The molecule has 0 radical (unpaired) electrons. The van der Waals surface area contributed by atoms with Crippen molar-refractivity contribution in [2.24, 2.45) is 0 Å². The van der Waals surface area contributed by atoms with Gasteiger partial charge in [0.2, 0.25) is 0 Å². The van der Waals surface area contributed by atoms with Crippen molar-refractivity contribution < 1.29 is 14.3 Å². The van der Waals surface area contributed by atoms with Crippen LogP contribution in [0.15, 0.2) is 48.8 Å². The second kappa shape index (κ2) is 9.37. The highest BCUT2D eigenvalue weighted by molar-refractivity contribution is 6.05. The van der Waals surface area contributed by atoms with E-state index in [4.69, 9.17) is 9.47 Å². The van der Waals surface area contributed by atoms with E-state index in [9.17, 15) is 4.79 Å². The molecule has 0 aliphatic carbocycles. The number of hydrogen-bond donors (Lipinski definition) is 2. The van der Waals surface area contributed by atoms with E-state index in [1.807, 2.05) is 18.2 Å². The first-order chi connectivity index (χ1) is 15.8. The maximum atomic E-state index is 13.1. The topological polar surface area (TPSA) is 95.6 Å². The molecule has 2 aliphatic heterocycles. The van der Waals surface area contributed by atoms with Crippen molar-refractivity contribution >= 4 is 23.0 Å². The number of morpholine rings is 2. The van der Waals surface area contributed by atoms with Gasteiger partial charge in [-0.05, 0) is 30.3 Å². The molecule has 0 saturated carbocycles. The Morgan fingerprint density at radius 2 is 1.72 bits per heavy atom. The van der Waals surface area contributed by atoms with Gasteiger partial charge in [0, 0.05) is 43.6 Å². The lowest BCUT2D eigenvalue weighted by atomic mass is 10.1. The van der Waals surface area contributed by atoms with Crippen molar-refractivity contribution in [1.29, 1.82) is 0 Å². The fourth-order valence-electron chi connectivity index (χ4n) is 4.01. The summed E-state index contributed by atoms with van der Waals surface area (Å²) in [5.74, 6) is -0.246. The number of nitrogens with zero attached hydrogens (tertiary/aromatic N) is 4. The number of rotatable bonds is 5. The molecule has 3 aromatic rings. The first-order valence-electron chi connectivity index (χ1n) is 10.8. The monoisotopic (exact) mass is 434 g/mol. The summed E-state index contributed by atoms with van der Waals surface area (Å²) >= 11 is 0. The van der Waals surface area contributed by atoms with Gasteiger partial charge >= 0.3 is 0 Å². The molecule has 9 nitrogen and oxygen atoms in total. The number of aromatic nitrogens is 3. The summed E-state index contributed by atoms with van der Waals surface area (Å²) in [7, 11) is 0. The third kappa shape index (κ3) is 4.44. The Morgan fingerprint density at radius 3 is 2.44 bits per heavy atom. The molecule has 0 unspecified atom stereocenters. The molecule has 0 bridgehead atoms. The SMILES string of the molecule is O=C(Nc1ccc(N2CCOCC2)cc1N1CCOCC1)c1cccc(-c2cn[nH]c2)n1. The fraction of sp³-hybridized carbons (Fsp3) is 0.348. The number of amides is 1. The molecule has 0 spiro atoms. The predicted molar refractivity (Wildman–Crippen MR) is 122 cm³/mol. The van der Waals surface area contributed by atoms with E-state index in [1.165, 1.54) is 0 Å². The number of pyridine rings is 1. The number of ether oxygens (including phenoxy) is 2. The molecule has 1 amide bonds. The molecule has 32 heavy (non-hydrogen) atoms. The van der Waals surface area contributed by atoms with Gasteiger partial charge in [0.05, 0.1) is 49.7 Å². The van der Waals surface area contributed by atoms with Gasteiger partial charge in [0.1, 0.15) is 5.69 Å². The average Bonchev–Trinajstić information content (AvgIpc) is 3.41. The molecule has 9 heteroatoms. The molecular weight excluding hydrogens is 408 g/mol. The second-order valence-corrected chi connectivity index (χ2v) is 7.75. The zero-order valence-electron chi connectivity index (χ0n) is 17.8. The van der Waals surface area contributed by atoms with Crippen molar-refractivity contribution in [2.45, 2.75) is 0 Å². The van der Waals surface area contributed by atoms with Gasteiger partial charge in [-0.25, -0.2) is 4.98 Å². The summed E-state index contributed by atoms with van der Waals surface area (Å²) in [6.07, 6.45) is 3.44. The van der Waals surface area contributed by atoms with Crippen LogP contribution in [0.2, 0.25) is 0 Å². The van der Waals surface area contributed by atoms with Gasteiger partial charge in [0.15, 0.2) is 0 Å². The van der Waals surface area contributed by atoms with E-state index in [1.54, 1.807) is 18.5 Å². The Hall–Kier alpha value is -3.43. The summed E-state index contributed by atoms with van der Waals surface area (Å²) in [5.41, 5.74) is 4.79. The number of hydrogen-bond acceptors (Lipinski definition) is 7. The van der Waals surface area contributed by atoms with Crippen LogP contribution in [0, 0.1) is 0 Å². The standard InChI is InChI=1S/C23H26N6O3/c30-23(21-3-1-2-19(26-21)17-15-24-25-16-17)27-20-5-4-18(28-6-10-31-11-7-28)14-22(20)29-8-12-32-13-9-29/h1-5,14-16H,6-13H2,(H,24,25)(H,27,30). The smallest absolute Gasteiger partial charge is 0.274 e. The molecule has 2 aromatic heterocycles. The third-order valence-electron chi connectivity index (χ3n) is 5.73. The molecule has 1 aromatic carbocycles. The minimum atomic E-state index is -0.246. The minimum absolute atomic E-state index is 0.246. The van der Waals surface area contributed by atoms with Crippen LogP contribution in [0.3, 0.4) is 0 Å². The average molecular weight is 435 g/mol. The summed E-state index contributed by atoms with van der Waals surface area (Å²) in [5, 5.41) is 9.81. The molecular formula is C23H26N6O3. The van der Waals surface area contributed by atoms with Crippen molar-refractivity contribution in [3.05, 3.63) is 54.5 Å². The predicted octanol–water partition coefficient (Wildman–Crippen LogP) is 2.40. The Labute approximate surface area is 186 Å². The number of H-pyrrole nitrogens is 1. The molecule has 2 aliphatic rings. The van der Waals surface area contributed by atoms with E-state index in [0.717, 1.165) is 62.0 Å². The summed E-state index contributed by atoms with van der Waals surface area (Å²) in [6, 6.07) is 11.6. The number of carbonyl (C=O) groups is 1. The molecule has 2 saturated heterocycles. The van der Waals surface area contributed by atoms with E-state index in [2.05, 4.69) is 42.4 Å². The van der Waals surface area contributed by atoms with Gasteiger partial charge in [-0.2, -0.15) is 5.10 Å². The minimum Gasteiger partial charge on any atom is -0.378 e. The van der Waals surface area contributed by atoms with Gasteiger partial charge < -0.3 is 24.6 Å². The first kappa shape index (κ1) is 20.5. The van der Waals surface area contributed by atoms with Crippen LogP contribution in [0.25, 0.3) is 11.3 Å². The molecule has 5 rings (SSSR count). The van der Waals surface area contributed by atoms with Crippen molar-refractivity contribution in [2.75, 3.05) is 67.7 Å². The lowest BCUT2D eigenvalue weighted by Crippen LogP contribution is -2.38. The van der Waals surface area contributed by atoms with Crippen molar-refractivity contribution in [3.63, 3.8) is 0 Å². The van der Waals surface area contributed by atoms with E-state index in [-0.39, 0.29) is 5.91 Å². The zero-order valence-corrected chi connectivity index (χ0v) is 17.8. The van der Waals surface area contributed by atoms with E-state index < -0.39 is 0 Å². The fourth-order valence-corrected chi connectivity index (χ4v) is 4.01. The summed E-state index contributed by atoms with van der Waals surface area (Å²) in [6.45, 7) is 6.08. The van der Waals surface area contributed by atoms with E-state index in [0.29, 0.717) is 24.6 Å². The Morgan fingerprint density at radius 1 is 0.969 bits per heavy atom. The molecule has 2 N–H and O–H groups in total. The van der Waals surface area contributed by atoms with Crippen LogP contribution >= 0.6 is 0 Å². The first-order valence-corrected chi connectivity index (χ1v) is 10.8. The van der Waals surface area contributed by atoms with Crippen molar-refractivity contribution in [1.82, 2.24) is 15.2 Å². The van der Waals surface area contributed by atoms with Crippen LogP contribution in [-0.2, 0) is 9.47 Å². The van der Waals surface area contributed by atoms with Crippen LogP contribution in [-0.4, -0.2) is 73.7 Å². The van der Waals surface area contributed by atoms with Gasteiger partial charge in [-0.3, -0.25) is 9.89 Å². The second-order valence-electron chi connectivity index (χ2n) is 7.75. The zero-order chi connectivity index (χ0) is 21.8. The maximum Gasteiger partial charge on any atom is 0.274 e. The van der Waals surface area contributed by atoms with Crippen LogP contribution in [0.4, 0.5) is 17.1 Å². The highest BCUT2D eigenvalue weighted by atomic mass is 16.5. The van der Waals surface area contributed by atoms with Gasteiger partial charge in [-0.15, -0.1) is 0 Å². The highest BCUT2D eigenvalue weighted by Crippen LogP contribution is 2.32. The third-order valence-corrected chi connectivity index (χ3v) is 5.73. The Kier molecular flexibility index (Phi) is 6.00. The van der Waals surface area contributed by atoms with Gasteiger partial charge in [-0.1, -0.05) is 6.07 Å². The number of nitrogens with one attached hydrogen (secondary N) is 2. The number of carbonyl (C=O) groups excluding carboxylic acids is 1. The molecule has 4 heterocycles. The number of benzene rings is 1. The highest BCUT2D eigenvalue weighted by Gasteiger charge is 2.20. The van der Waals surface area contributed by atoms with Gasteiger partial charge in [0.25, 0.3) is 5.91 Å². The quantitative estimate of drug-likeness (QED) is 0.637. The van der Waals surface area contributed by atoms with Crippen molar-refractivity contribution in [3.8, 4) is 11.3 Å². The van der Waals surface area contributed by atoms with Crippen LogP contribution in [0.5, 0.6) is 0 Å².